The van der Waals surface area contributed by atoms with Crippen LogP contribution in [0.4, 0.5) is 4.39 Å². The SMILES string of the molecule is CC(C)NCC(C)(C)COCc1ccccc1F. The Balaban J connectivity index is 2.34. The zero-order chi connectivity index (χ0) is 13.6. The largest absolute Gasteiger partial charge is 0.376 e. The maximum Gasteiger partial charge on any atom is 0.128 e. The maximum absolute atomic E-state index is 13.4. The molecule has 3 heteroatoms. The van der Waals surface area contributed by atoms with E-state index in [9.17, 15) is 4.39 Å². The molecule has 0 aliphatic rings. The van der Waals surface area contributed by atoms with Gasteiger partial charge in [-0.2, -0.15) is 0 Å². The molecule has 0 fully saturated rings. The summed E-state index contributed by atoms with van der Waals surface area (Å²) in [6.45, 7) is 10.4. The van der Waals surface area contributed by atoms with Crippen molar-refractivity contribution in [2.75, 3.05) is 13.2 Å². The first-order valence-corrected chi connectivity index (χ1v) is 6.45. The van der Waals surface area contributed by atoms with Gasteiger partial charge >= 0.3 is 0 Å². The molecular weight excluding hydrogens is 229 g/mol. The molecule has 0 aliphatic heterocycles. The molecule has 0 radical (unpaired) electrons. The van der Waals surface area contributed by atoms with E-state index in [1.807, 2.05) is 6.07 Å². The topological polar surface area (TPSA) is 21.3 Å². The summed E-state index contributed by atoms with van der Waals surface area (Å²) in [4.78, 5) is 0. The Kier molecular flexibility index (Phi) is 5.76. The minimum atomic E-state index is -0.199. The van der Waals surface area contributed by atoms with Crippen molar-refractivity contribution >= 4 is 0 Å². The number of hydrogen-bond donors (Lipinski definition) is 1. The Morgan fingerprint density at radius 2 is 1.94 bits per heavy atom. The van der Waals surface area contributed by atoms with Crippen LogP contribution in [0.25, 0.3) is 0 Å². The summed E-state index contributed by atoms with van der Waals surface area (Å²) >= 11 is 0. The van der Waals surface area contributed by atoms with Gasteiger partial charge in [-0.05, 0) is 6.07 Å². The first kappa shape index (κ1) is 15.1. The Morgan fingerprint density at radius 3 is 2.56 bits per heavy atom. The second kappa shape index (κ2) is 6.86. The van der Waals surface area contributed by atoms with Gasteiger partial charge in [0.1, 0.15) is 5.82 Å². The van der Waals surface area contributed by atoms with Gasteiger partial charge in [-0.3, -0.25) is 0 Å². The van der Waals surface area contributed by atoms with Crippen LogP contribution in [0.3, 0.4) is 0 Å². The van der Waals surface area contributed by atoms with Crippen molar-refractivity contribution in [3.8, 4) is 0 Å². The molecule has 0 bridgehead atoms. The van der Waals surface area contributed by atoms with E-state index in [1.54, 1.807) is 12.1 Å². The molecule has 102 valence electrons. The molecule has 1 N–H and O–H groups in total. The van der Waals surface area contributed by atoms with E-state index < -0.39 is 0 Å². The minimum Gasteiger partial charge on any atom is -0.376 e. The first-order valence-electron chi connectivity index (χ1n) is 6.45. The fourth-order valence-electron chi connectivity index (χ4n) is 1.58. The van der Waals surface area contributed by atoms with Crippen LogP contribution in [-0.4, -0.2) is 19.2 Å². The van der Waals surface area contributed by atoms with E-state index in [2.05, 4.69) is 33.0 Å². The fraction of sp³-hybridized carbons (Fsp3) is 0.600. The maximum atomic E-state index is 13.4. The van der Waals surface area contributed by atoms with Crippen LogP contribution in [0.2, 0.25) is 0 Å². The molecule has 0 amide bonds. The highest BCUT2D eigenvalue weighted by Gasteiger charge is 2.18. The fourth-order valence-corrected chi connectivity index (χ4v) is 1.58. The Bertz CT molecular complexity index is 363. The van der Waals surface area contributed by atoms with Crippen molar-refractivity contribution in [3.63, 3.8) is 0 Å². The van der Waals surface area contributed by atoms with Gasteiger partial charge < -0.3 is 10.1 Å². The lowest BCUT2D eigenvalue weighted by molar-refractivity contribution is 0.0490. The van der Waals surface area contributed by atoms with Crippen molar-refractivity contribution < 1.29 is 9.13 Å². The molecule has 0 saturated carbocycles. The summed E-state index contributed by atoms with van der Waals surface area (Å²) in [5.74, 6) is -0.199. The third-order valence-corrected chi connectivity index (χ3v) is 2.70. The summed E-state index contributed by atoms with van der Waals surface area (Å²) in [7, 11) is 0. The van der Waals surface area contributed by atoms with E-state index >= 15 is 0 Å². The van der Waals surface area contributed by atoms with Gasteiger partial charge in [-0.1, -0.05) is 45.9 Å². The standard InChI is InChI=1S/C15H24FNO/c1-12(2)17-10-15(3,4)11-18-9-13-7-5-6-8-14(13)16/h5-8,12,17H,9-11H2,1-4H3. The predicted octanol–water partition coefficient (Wildman–Crippen LogP) is 3.37. The Hall–Kier alpha value is -0.930. The molecule has 0 unspecified atom stereocenters. The van der Waals surface area contributed by atoms with Gasteiger partial charge in [0.05, 0.1) is 13.2 Å². The zero-order valence-corrected chi connectivity index (χ0v) is 11.8. The van der Waals surface area contributed by atoms with E-state index in [4.69, 9.17) is 4.74 Å². The minimum absolute atomic E-state index is 0.0511. The molecule has 0 atom stereocenters. The van der Waals surface area contributed by atoms with Crippen LogP contribution in [0, 0.1) is 11.2 Å². The van der Waals surface area contributed by atoms with Crippen LogP contribution < -0.4 is 5.32 Å². The number of rotatable bonds is 7. The van der Waals surface area contributed by atoms with Crippen LogP contribution in [-0.2, 0) is 11.3 Å². The summed E-state index contributed by atoms with van der Waals surface area (Å²) < 4.78 is 19.0. The average Bonchev–Trinajstić information content (AvgIpc) is 2.29. The van der Waals surface area contributed by atoms with Crippen molar-refractivity contribution in [1.29, 1.82) is 0 Å². The van der Waals surface area contributed by atoms with Crippen molar-refractivity contribution in [1.82, 2.24) is 5.32 Å². The number of hydrogen-bond acceptors (Lipinski definition) is 2. The number of benzene rings is 1. The first-order chi connectivity index (χ1) is 8.41. The second-order valence-electron chi connectivity index (χ2n) is 5.78. The van der Waals surface area contributed by atoms with Gasteiger partial charge in [0, 0.05) is 23.6 Å². The second-order valence-corrected chi connectivity index (χ2v) is 5.78. The lowest BCUT2D eigenvalue weighted by atomic mass is 9.94. The molecule has 0 aliphatic carbocycles. The van der Waals surface area contributed by atoms with E-state index in [-0.39, 0.29) is 11.2 Å². The van der Waals surface area contributed by atoms with E-state index in [0.717, 1.165) is 6.54 Å². The predicted molar refractivity (Wildman–Crippen MR) is 73.0 cm³/mol. The van der Waals surface area contributed by atoms with E-state index in [0.29, 0.717) is 24.8 Å². The molecule has 1 rings (SSSR count). The van der Waals surface area contributed by atoms with Crippen molar-refractivity contribution in [3.05, 3.63) is 35.6 Å². The lowest BCUT2D eigenvalue weighted by Crippen LogP contribution is -2.36. The third kappa shape index (κ3) is 5.61. The molecule has 0 aromatic heterocycles. The number of ether oxygens (including phenoxy) is 1. The Labute approximate surface area is 110 Å². The number of nitrogens with one attached hydrogen (secondary N) is 1. The quantitative estimate of drug-likeness (QED) is 0.804. The highest BCUT2D eigenvalue weighted by atomic mass is 19.1. The summed E-state index contributed by atoms with van der Waals surface area (Å²) in [5.41, 5.74) is 0.667. The highest BCUT2D eigenvalue weighted by molar-refractivity contribution is 5.16. The van der Waals surface area contributed by atoms with Gasteiger partial charge in [-0.25, -0.2) is 4.39 Å². The smallest absolute Gasteiger partial charge is 0.128 e. The molecule has 0 saturated heterocycles. The van der Waals surface area contributed by atoms with E-state index in [1.165, 1.54) is 6.07 Å². The summed E-state index contributed by atoms with van der Waals surface area (Å²) in [6, 6.07) is 7.21. The average molecular weight is 253 g/mol. The molecule has 0 heterocycles. The van der Waals surface area contributed by atoms with Crippen LogP contribution >= 0.6 is 0 Å². The third-order valence-electron chi connectivity index (χ3n) is 2.70. The van der Waals surface area contributed by atoms with Crippen molar-refractivity contribution in [2.24, 2.45) is 5.41 Å². The zero-order valence-electron chi connectivity index (χ0n) is 11.8. The number of halogens is 1. The normalized spacial score (nSPS) is 12.1. The van der Waals surface area contributed by atoms with Crippen LogP contribution in [0.1, 0.15) is 33.3 Å². The molecule has 1 aromatic rings. The van der Waals surface area contributed by atoms with Gasteiger partial charge in [-0.15, -0.1) is 0 Å². The molecular formula is C15H24FNO. The molecule has 0 spiro atoms. The van der Waals surface area contributed by atoms with Crippen LogP contribution in [0.5, 0.6) is 0 Å². The van der Waals surface area contributed by atoms with Gasteiger partial charge in [0.15, 0.2) is 0 Å². The highest BCUT2D eigenvalue weighted by Crippen LogP contribution is 2.16. The molecule has 2 nitrogen and oxygen atoms in total. The lowest BCUT2D eigenvalue weighted by Gasteiger charge is -2.26. The summed E-state index contributed by atoms with van der Waals surface area (Å²) in [6.07, 6.45) is 0. The van der Waals surface area contributed by atoms with Crippen molar-refractivity contribution in [2.45, 2.75) is 40.3 Å². The summed E-state index contributed by atoms with van der Waals surface area (Å²) in [5, 5.41) is 3.39. The van der Waals surface area contributed by atoms with Crippen LogP contribution in [0.15, 0.2) is 24.3 Å². The molecule has 18 heavy (non-hydrogen) atoms. The Morgan fingerprint density at radius 1 is 1.28 bits per heavy atom. The van der Waals surface area contributed by atoms with Gasteiger partial charge in [0.25, 0.3) is 0 Å². The van der Waals surface area contributed by atoms with Gasteiger partial charge in [0.2, 0.25) is 0 Å². The molecule has 1 aromatic carbocycles. The monoisotopic (exact) mass is 253 g/mol.